The first-order valence-corrected chi connectivity index (χ1v) is 11.0. The van der Waals surface area contributed by atoms with Crippen molar-refractivity contribution in [2.24, 2.45) is 5.73 Å². The van der Waals surface area contributed by atoms with Gasteiger partial charge in [0, 0.05) is 25.2 Å². The topological polar surface area (TPSA) is 93.2 Å². The first-order valence-electron chi connectivity index (χ1n) is 11.0. The minimum atomic E-state index is -5.13. The molecule has 2 amide bonds. The van der Waals surface area contributed by atoms with Crippen LogP contribution >= 0.6 is 0 Å². The normalized spacial score (nSPS) is 12.8. The molecule has 0 aliphatic heterocycles. The van der Waals surface area contributed by atoms with Crippen molar-refractivity contribution in [3.8, 4) is 5.69 Å². The third-order valence-electron chi connectivity index (χ3n) is 5.04. The number of carbonyl (C=O) groups excluding carboxylic acids is 2. The quantitative estimate of drug-likeness (QED) is 0.427. The van der Waals surface area contributed by atoms with Crippen molar-refractivity contribution in [2.75, 3.05) is 11.9 Å². The zero-order valence-corrected chi connectivity index (χ0v) is 19.5. The highest BCUT2D eigenvalue weighted by molar-refractivity contribution is 5.91. The number of amides is 2. The number of carbonyl (C=O) groups is 2. The standard InChI is InChI=1S/C24H23F6N5O2/c1-15(31)13-34(22(37)24(28,29)30)14-17-8-5-9-18(10-17)35-20(12-19(33-35)23(25,26)27)32-21(36)11-16-6-3-2-4-7-16/h2-10,12,15H,11,13-14,31H2,1H3,(H,32,36)/t15-/m0/s1. The largest absolute Gasteiger partial charge is 0.471 e. The zero-order chi connectivity index (χ0) is 27.4. The fraction of sp³-hybridized carbons (Fsp3) is 0.292. The van der Waals surface area contributed by atoms with Crippen LogP contribution in [0.15, 0.2) is 60.7 Å². The number of anilines is 1. The fourth-order valence-corrected chi connectivity index (χ4v) is 3.53. The van der Waals surface area contributed by atoms with Crippen LogP contribution in [0.2, 0.25) is 0 Å². The molecule has 37 heavy (non-hydrogen) atoms. The van der Waals surface area contributed by atoms with Crippen LogP contribution in [0.3, 0.4) is 0 Å². The van der Waals surface area contributed by atoms with Gasteiger partial charge in [0.1, 0.15) is 5.82 Å². The average molecular weight is 527 g/mol. The Balaban J connectivity index is 1.93. The Hall–Kier alpha value is -3.87. The van der Waals surface area contributed by atoms with Gasteiger partial charge in [-0.1, -0.05) is 42.5 Å². The van der Waals surface area contributed by atoms with Crippen LogP contribution in [0.1, 0.15) is 23.7 Å². The average Bonchev–Trinajstić information content (AvgIpc) is 3.22. The molecular formula is C24H23F6N5O2. The molecule has 0 aliphatic carbocycles. The second kappa shape index (κ2) is 11.0. The van der Waals surface area contributed by atoms with Crippen molar-refractivity contribution in [1.29, 1.82) is 0 Å². The molecule has 3 rings (SSSR count). The fourth-order valence-electron chi connectivity index (χ4n) is 3.53. The lowest BCUT2D eigenvalue weighted by Crippen LogP contribution is -2.45. The number of hydrogen-bond donors (Lipinski definition) is 2. The van der Waals surface area contributed by atoms with Crippen molar-refractivity contribution >= 4 is 17.6 Å². The van der Waals surface area contributed by atoms with Crippen molar-refractivity contribution in [1.82, 2.24) is 14.7 Å². The molecule has 3 aromatic rings. The SMILES string of the molecule is C[C@H](N)CN(Cc1cccc(-n2nc(C(F)(F)F)cc2NC(=O)Cc2ccccc2)c1)C(=O)C(F)(F)F. The molecule has 1 heterocycles. The summed E-state index contributed by atoms with van der Waals surface area (Å²) in [5, 5.41) is 5.96. The molecule has 198 valence electrons. The maximum Gasteiger partial charge on any atom is 0.471 e. The Labute approximate surface area is 207 Å². The van der Waals surface area contributed by atoms with E-state index in [0.717, 1.165) is 4.68 Å². The van der Waals surface area contributed by atoms with E-state index < -0.39 is 49.0 Å². The summed E-state index contributed by atoms with van der Waals surface area (Å²) < 4.78 is 80.2. The summed E-state index contributed by atoms with van der Waals surface area (Å²) in [4.78, 5) is 24.9. The smallest absolute Gasteiger partial charge is 0.329 e. The van der Waals surface area contributed by atoms with E-state index in [1.165, 1.54) is 31.2 Å². The molecule has 3 N–H and O–H groups in total. The van der Waals surface area contributed by atoms with E-state index in [0.29, 0.717) is 16.5 Å². The summed E-state index contributed by atoms with van der Waals surface area (Å²) in [6, 6.07) is 13.8. The molecule has 0 saturated heterocycles. The van der Waals surface area contributed by atoms with Crippen molar-refractivity contribution in [3.63, 3.8) is 0 Å². The second-order valence-electron chi connectivity index (χ2n) is 8.37. The summed E-state index contributed by atoms with van der Waals surface area (Å²) in [6.45, 7) is 0.528. The maximum atomic E-state index is 13.4. The van der Waals surface area contributed by atoms with Gasteiger partial charge in [-0.2, -0.15) is 31.4 Å². The minimum Gasteiger partial charge on any atom is -0.329 e. The predicted molar refractivity (Wildman–Crippen MR) is 122 cm³/mol. The van der Waals surface area contributed by atoms with E-state index in [2.05, 4.69) is 10.4 Å². The zero-order valence-electron chi connectivity index (χ0n) is 19.5. The van der Waals surface area contributed by atoms with Gasteiger partial charge < -0.3 is 16.0 Å². The molecule has 1 aromatic heterocycles. The summed E-state index contributed by atoms with van der Waals surface area (Å²) in [5.41, 5.74) is 5.16. The molecule has 13 heteroatoms. The highest BCUT2D eigenvalue weighted by atomic mass is 19.4. The number of benzene rings is 2. The van der Waals surface area contributed by atoms with E-state index >= 15 is 0 Å². The van der Waals surface area contributed by atoms with Gasteiger partial charge in [0.2, 0.25) is 5.91 Å². The maximum absolute atomic E-state index is 13.4. The number of hydrogen-bond acceptors (Lipinski definition) is 4. The number of aromatic nitrogens is 2. The van der Waals surface area contributed by atoms with E-state index in [4.69, 9.17) is 5.73 Å². The molecule has 0 aliphatic rings. The summed E-state index contributed by atoms with van der Waals surface area (Å²) in [6.07, 6.45) is -10.1. The number of nitrogens with one attached hydrogen (secondary N) is 1. The van der Waals surface area contributed by atoms with E-state index in [1.54, 1.807) is 30.3 Å². The highest BCUT2D eigenvalue weighted by Crippen LogP contribution is 2.31. The van der Waals surface area contributed by atoms with Crippen LogP contribution in [0.5, 0.6) is 0 Å². The van der Waals surface area contributed by atoms with Gasteiger partial charge in [-0.3, -0.25) is 9.59 Å². The van der Waals surface area contributed by atoms with Crippen molar-refractivity contribution in [3.05, 3.63) is 77.5 Å². The molecular weight excluding hydrogens is 504 g/mol. The number of rotatable bonds is 8. The number of halogens is 6. The monoisotopic (exact) mass is 527 g/mol. The lowest BCUT2D eigenvalue weighted by molar-refractivity contribution is -0.186. The second-order valence-corrected chi connectivity index (χ2v) is 8.37. The molecule has 0 spiro atoms. The van der Waals surface area contributed by atoms with E-state index in [1.807, 2.05) is 0 Å². The van der Waals surface area contributed by atoms with Gasteiger partial charge in [-0.25, -0.2) is 4.68 Å². The van der Waals surface area contributed by atoms with Crippen LogP contribution in [0.25, 0.3) is 5.69 Å². The Bertz CT molecular complexity index is 1240. The van der Waals surface area contributed by atoms with Gasteiger partial charge >= 0.3 is 18.3 Å². The van der Waals surface area contributed by atoms with Crippen LogP contribution in [0.4, 0.5) is 32.2 Å². The molecule has 0 bridgehead atoms. The number of alkyl halides is 6. The van der Waals surface area contributed by atoms with Crippen molar-refractivity contribution < 1.29 is 35.9 Å². The summed E-state index contributed by atoms with van der Waals surface area (Å²) >= 11 is 0. The van der Waals surface area contributed by atoms with Gasteiger partial charge in [-0.05, 0) is 30.2 Å². The minimum absolute atomic E-state index is 0.0308. The Morgan fingerprint density at radius 3 is 2.24 bits per heavy atom. The van der Waals surface area contributed by atoms with Gasteiger partial charge in [0.25, 0.3) is 0 Å². The molecule has 1 atom stereocenters. The molecule has 0 saturated carbocycles. The van der Waals surface area contributed by atoms with Crippen LogP contribution in [-0.2, 0) is 28.7 Å². The van der Waals surface area contributed by atoms with Gasteiger partial charge in [0.15, 0.2) is 5.69 Å². The Morgan fingerprint density at radius 1 is 1.00 bits per heavy atom. The van der Waals surface area contributed by atoms with Gasteiger partial charge in [-0.15, -0.1) is 0 Å². The Kier molecular flexibility index (Phi) is 8.26. The van der Waals surface area contributed by atoms with Crippen molar-refractivity contribution in [2.45, 2.75) is 38.3 Å². The molecule has 7 nitrogen and oxygen atoms in total. The molecule has 0 radical (unpaired) electrons. The molecule has 0 unspecified atom stereocenters. The van der Waals surface area contributed by atoms with E-state index in [9.17, 15) is 35.9 Å². The van der Waals surface area contributed by atoms with Crippen LogP contribution in [-0.4, -0.2) is 45.3 Å². The van der Waals surface area contributed by atoms with E-state index in [-0.39, 0.29) is 23.5 Å². The highest BCUT2D eigenvalue weighted by Gasteiger charge is 2.42. The lowest BCUT2D eigenvalue weighted by Gasteiger charge is -2.25. The van der Waals surface area contributed by atoms with Gasteiger partial charge in [0.05, 0.1) is 12.1 Å². The predicted octanol–water partition coefficient (Wildman–Crippen LogP) is 4.31. The third kappa shape index (κ3) is 7.56. The molecule has 2 aromatic carbocycles. The number of nitrogens with zero attached hydrogens (tertiary/aromatic N) is 3. The first kappa shape index (κ1) is 27.7. The summed E-state index contributed by atoms with van der Waals surface area (Å²) in [5.74, 6) is -2.98. The Morgan fingerprint density at radius 2 is 1.65 bits per heavy atom. The summed E-state index contributed by atoms with van der Waals surface area (Å²) in [7, 11) is 0. The molecule has 0 fully saturated rings. The number of nitrogens with two attached hydrogens (primary N) is 1. The van der Waals surface area contributed by atoms with Crippen LogP contribution in [0, 0.1) is 0 Å². The third-order valence-corrected chi connectivity index (χ3v) is 5.04. The van der Waals surface area contributed by atoms with Crippen LogP contribution < -0.4 is 11.1 Å². The first-order chi connectivity index (χ1) is 17.2. The lowest BCUT2D eigenvalue weighted by atomic mass is 10.1.